The Morgan fingerprint density at radius 3 is 2.43 bits per heavy atom. The highest BCUT2D eigenvalue weighted by molar-refractivity contribution is 6.01. The molecular formula is C17H25NO5. The summed E-state index contributed by atoms with van der Waals surface area (Å²) in [5.74, 6) is -1.11. The van der Waals surface area contributed by atoms with Gasteiger partial charge in [0.1, 0.15) is 0 Å². The maximum atomic E-state index is 12.7. The highest BCUT2D eigenvalue weighted by Gasteiger charge is 2.60. The summed E-state index contributed by atoms with van der Waals surface area (Å²) in [6.45, 7) is 4.83. The van der Waals surface area contributed by atoms with E-state index < -0.39 is 17.4 Å². The van der Waals surface area contributed by atoms with Crippen molar-refractivity contribution in [3.05, 3.63) is 0 Å². The van der Waals surface area contributed by atoms with Crippen LogP contribution in [0.1, 0.15) is 46.0 Å². The van der Waals surface area contributed by atoms with Crippen molar-refractivity contribution in [3.8, 4) is 0 Å². The molecule has 1 aliphatic carbocycles. The smallest absolute Gasteiger partial charge is 0.323 e. The molecule has 3 atom stereocenters. The van der Waals surface area contributed by atoms with Gasteiger partial charge in [0.15, 0.2) is 11.2 Å². The molecule has 0 aromatic rings. The van der Waals surface area contributed by atoms with Crippen LogP contribution in [-0.4, -0.2) is 54.5 Å². The SMILES string of the molecule is CCOC(=O)C1(C(=O)OCC)CCC2C(C1)C(=O)C1CCCN12. The number of hydrogen-bond acceptors (Lipinski definition) is 6. The van der Waals surface area contributed by atoms with E-state index in [0.717, 1.165) is 19.4 Å². The minimum absolute atomic E-state index is 0.00908. The van der Waals surface area contributed by atoms with E-state index in [1.54, 1.807) is 13.8 Å². The molecular weight excluding hydrogens is 298 g/mol. The third-order valence-electron chi connectivity index (χ3n) is 5.65. The van der Waals surface area contributed by atoms with Gasteiger partial charge in [-0.1, -0.05) is 0 Å². The van der Waals surface area contributed by atoms with Crippen molar-refractivity contribution in [3.63, 3.8) is 0 Å². The molecule has 0 spiro atoms. The number of nitrogens with zero attached hydrogens (tertiary/aromatic N) is 1. The molecule has 3 rings (SSSR count). The van der Waals surface area contributed by atoms with Crippen molar-refractivity contribution >= 4 is 17.7 Å². The average Bonchev–Trinajstić information content (AvgIpc) is 3.11. The third kappa shape index (κ3) is 2.47. The van der Waals surface area contributed by atoms with Crippen molar-refractivity contribution in [2.45, 2.75) is 58.0 Å². The minimum Gasteiger partial charge on any atom is -0.465 e. The lowest BCUT2D eigenvalue weighted by atomic mass is 9.67. The Kier molecular flexibility index (Phi) is 4.45. The van der Waals surface area contributed by atoms with Crippen LogP contribution in [0.5, 0.6) is 0 Å². The van der Waals surface area contributed by atoms with E-state index in [4.69, 9.17) is 9.47 Å². The van der Waals surface area contributed by atoms with E-state index >= 15 is 0 Å². The molecule has 128 valence electrons. The summed E-state index contributed by atoms with van der Waals surface area (Å²) in [5.41, 5.74) is -1.30. The summed E-state index contributed by atoms with van der Waals surface area (Å²) in [4.78, 5) is 40.1. The lowest BCUT2D eigenvalue weighted by Crippen LogP contribution is -2.50. The van der Waals surface area contributed by atoms with Crippen LogP contribution in [0.15, 0.2) is 0 Å². The van der Waals surface area contributed by atoms with Crippen molar-refractivity contribution in [1.29, 1.82) is 0 Å². The summed E-state index contributed by atoms with van der Waals surface area (Å²) < 4.78 is 10.3. The predicted molar refractivity (Wildman–Crippen MR) is 81.6 cm³/mol. The molecule has 0 bridgehead atoms. The van der Waals surface area contributed by atoms with E-state index in [-0.39, 0.29) is 43.4 Å². The molecule has 2 saturated heterocycles. The summed E-state index contributed by atoms with van der Waals surface area (Å²) >= 11 is 0. The highest BCUT2D eigenvalue weighted by atomic mass is 16.6. The lowest BCUT2D eigenvalue weighted by molar-refractivity contribution is -0.176. The van der Waals surface area contributed by atoms with Gasteiger partial charge in [0, 0.05) is 12.0 Å². The van der Waals surface area contributed by atoms with E-state index in [0.29, 0.717) is 12.8 Å². The van der Waals surface area contributed by atoms with E-state index in [9.17, 15) is 14.4 Å². The Balaban J connectivity index is 1.87. The van der Waals surface area contributed by atoms with Gasteiger partial charge in [-0.3, -0.25) is 19.3 Å². The molecule has 2 aliphatic heterocycles. The Bertz CT molecular complexity index is 499. The van der Waals surface area contributed by atoms with Crippen LogP contribution in [0.2, 0.25) is 0 Å². The van der Waals surface area contributed by atoms with Crippen LogP contribution in [0, 0.1) is 11.3 Å². The molecule has 6 nitrogen and oxygen atoms in total. The zero-order valence-electron chi connectivity index (χ0n) is 13.9. The normalized spacial score (nSPS) is 32.3. The minimum atomic E-state index is -1.30. The molecule has 0 N–H and O–H groups in total. The van der Waals surface area contributed by atoms with Gasteiger partial charge in [-0.15, -0.1) is 0 Å². The number of rotatable bonds is 4. The first-order valence-corrected chi connectivity index (χ1v) is 8.69. The quantitative estimate of drug-likeness (QED) is 0.574. The van der Waals surface area contributed by atoms with E-state index in [1.165, 1.54) is 0 Å². The fourth-order valence-corrected chi connectivity index (χ4v) is 4.63. The number of hydrogen-bond donors (Lipinski definition) is 0. The number of fused-ring (bicyclic) bond motifs is 3. The molecule has 2 heterocycles. The zero-order chi connectivity index (χ0) is 16.6. The first-order chi connectivity index (χ1) is 11.0. The number of Topliss-reactive ketones (excluding diaryl/α,β-unsaturated/α-hetero) is 1. The molecule has 0 aromatic heterocycles. The Morgan fingerprint density at radius 2 is 1.83 bits per heavy atom. The Hall–Kier alpha value is -1.43. The van der Waals surface area contributed by atoms with Crippen LogP contribution < -0.4 is 0 Å². The molecule has 0 amide bonds. The van der Waals surface area contributed by atoms with Gasteiger partial charge < -0.3 is 9.47 Å². The van der Waals surface area contributed by atoms with Crippen LogP contribution in [0.4, 0.5) is 0 Å². The zero-order valence-corrected chi connectivity index (χ0v) is 13.9. The molecule has 3 unspecified atom stereocenters. The van der Waals surface area contributed by atoms with Gasteiger partial charge in [0.25, 0.3) is 0 Å². The largest absolute Gasteiger partial charge is 0.465 e. The fourth-order valence-electron chi connectivity index (χ4n) is 4.63. The second-order valence-electron chi connectivity index (χ2n) is 6.74. The second kappa shape index (κ2) is 6.23. The molecule has 3 fully saturated rings. The molecule has 6 heteroatoms. The molecule has 23 heavy (non-hydrogen) atoms. The summed E-state index contributed by atoms with van der Waals surface area (Å²) in [7, 11) is 0. The third-order valence-corrected chi connectivity index (χ3v) is 5.65. The van der Waals surface area contributed by atoms with Crippen molar-refractivity contribution < 1.29 is 23.9 Å². The molecule has 0 radical (unpaired) electrons. The van der Waals surface area contributed by atoms with Crippen LogP contribution >= 0.6 is 0 Å². The van der Waals surface area contributed by atoms with Gasteiger partial charge in [-0.2, -0.15) is 0 Å². The van der Waals surface area contributed by atoms with Crippen LogP contribution in [0.3, 0.4) is 0 Å². The van der Waals surface area contributed by atoms with Crippen LogP contribution in [0.25, 0.3) is 0 Å². The number of esters is 2. The Morgan fingerprint density at radius 1 is 1.17 bits per heavy atom. The highest BCUT2D eigenvalue weighted by Crippen LogP contribution is 2.49. The molecule has 0 aromatic carbocycles. The first-order valence-electron chi connectivity index (χ1n) is 8.69. The molecule has 1 saturated carbocycles. The maximum Gasteiger partial charge on any atom is 0.323 e. The average molecular weight is 323 g/mol. The predicted octanol–water partition coefficient (Wildman–Crippen LogP) is 1.31. The van der Waals surface area contributed by atoms with Crippen molar-refractivity contribution in [1.82, 2.24) is 4.90 Å². The summed E-state index contributed by atoms with van der Waals surface area (Å²) in [5, 5.41) is 0. The van der Waals surface area contributed by atoms with Gasteiger partial charge in [0.05, 0.1) is 19.3 Å². The summed E-state index contributed by atoms with van der Waals surface area (Å²) in [6.07, 6.45) is 3.27. The topological polar surface area (TPSA) is 72.9 Å². The van der Waals surface area contributed by atoms with Crippen molar-refractivity contribution in [2.75, 3.05) is 19.8 Å². The standard InChI is InChI=1S/C17H25NO5/c1-3-22-15(20)17(16(21)23-4-2)8-7-12-11(10-17)14(19)13-6-5-9-18(12)13/h11-13H,3-10H2,1-2H3. The Labute approximate surface area is 136 Å². The van der Waals surface area contributed by atoms with E-state index in [1.807, 2.05) is 0 Å². The number of ether oxygens (including phenoxy) is 2. The monoisotopic (exact) mass is 323 g/mol. The summed E-state index contributed by atoms with van der Waals surface area (Å²) in [6, 6.07) is 0.164. The van der Waals surface area contributed by atoms with Gasteiger partial charge in [-0.25, -0.2) is 0 Å². The van der Waals surface area contributed by atoms with Gasteiger partial charge in [0.2, 0.25) is 0 Å². The van der Waals surface area contributed by atoms with Crippen LogP contribution in [-0.2, 0) is 23.9 Å². The fraction of sp³-hybridized carbons (Fsp3) is 0.824. The number of ketones is 1. The number of carbonyl (C=O) groups is 3. The maximum absolute atomic E-state index is 12.7. The molecule has 3 aliphatic rings. The van der Waals surface area contributed by atoms with E-state index in [2.05, 4.69) is 4.90 Å². The van der Waals surface area contributed by atoms with Gasteiger partial charge in [-0.05, 0) is 52.5 Å². The lowest BCUT2D eigenvalue weighted by Gasteiger charge is -2.39. The first kappa shape index (κ1) is 16.4. The van der Waals surface area contributed by atoms with Gasteiger partial charge >= 0.3 is 11.9 Å². The van der Waals surface area contributed by atoms with Crippen molar-refractivity contribution in [2.24, 2.45) is 11.3 Å². The second-order valence-corrected chi connectivity index (χ2v) is 6.74. The number of carbonyl (C=O) groups excluding carboxylic acids is 3.